The van der Waals surface area contributed by atoms with Crippen LogP contribution >= 0.6 is 42.6 Å². The summed E-state index contributed by atoms with van der Waals surface area (Å²) in [5, 5.41) is 8.25. The summed E-state index contributed by atoms with van der Waals surface area (Å²) in [5.41, 5.74) is 1.67. The van der Waals surface area contributed by atoms with Crippen LogP contribution in [0.1, 0.15) is 25.2 Å². The van der Waals surface area contributed by atoms with Crippen LogP contribution in [0.4, 0.5) is 5.69 Å². The Labute approximate surface area is 235 Å². The zero-order chi connectivity index (χ0) is 27.1. The van der Waals surface area contributed by atoms with Crippen LogP contribution in [0.5, 0.6) is 0 Å². The molecule has 0 aliphatic heterocycles. The molecule has 0 radical (unpaired) electrons. The lowest BCUT2D eigenvalue weighted by Crippen LogP contribution is -2.21. The standard InChI is InChI=1S/C27H26Cl2N3O4PS/c1-3-35-37(34,36-4-2)26(19-10-12-20(28)13-11-19)31-21-14-16-23(17-15-21)38-24-18-30-32(27(33)25(24)29)22-8-6-5-7-9-22/h5-18,26,31H,3-4H2,1-2H3. The van der Waals surface area contributed by atoms with E-state index in [0.29, 0.717) is 21.3 Å². The molecule has 0 aliphatic carbocycles. The van der Waals surface area contributed by atoms with Gasteiger partial charge in [0, 0.05) is 15.6 Å². The Morgan fingerprint density at radius 2 is 1.58 bits per heavy atom. The van der Waals surface area contributed by atoms with Crippen LogP contribution in [-0.2, 0) is 13.6 Å². The van der Waals surface area contributed by atoms with E-state index in [1.807, 2.05) is 42.5 Å². The minimum atomic E-state index is -3.56. The normalized spacial score (nSPS) is 12.3. The van der Waals surface area contributed by atoms with Crippen LogP contribution in [-0.4, -0.2) is 23.0 Å². The Bertz CT molecular complexity index is 1460. The SMILES string of the molecule is CCOP(=O)(OCC)C(Nc1ccc(Sc2cnn(-c3ccccc3)c(=O)c2Cl)cc1)c1ccc(Cl)cc1. The first-order chi connectivity index (χ1) is 18.3. The zero-order valence-corrected chi connectivity index (χ0v) is 23.9. The molecule has 1 atom stereocenters. The minimum Gasteiger partial charge on any atom is -0.368 e. The van der Waals surface area contributed by atoms with Gasteiger partial charge in [-0.3, -0.25) is 9.36 Å². The molecule has 4 aromatic rings. The number of hydrogen-bond donors (Lipinski definition) is 1. The topological polar surface area (TPSA) is 82.4 Å². The fourth-order valence-corrected chi connectivity index (χ4v) is 6.79. The van der Waals surface area contributed by atoms with Crippen molar-refractivity contribution in [3.63, 3.8) is 0 Å². The first kappa shape index (κ1) is 28.4. The number of nitrogens with zero attached hydrogens (tertiary/aromatic N) is 2. The van der Waals surface area contributed by atoms with Gasteiger partial charge in [-0.15, -0.1) is 0 Å². The molecule has 7 nitrogen and oxygen atoms in total. The smallest absolute Gasteiger partial charge is 0.357 e. The highest BCUT2D eigenvalue weighted by atomic mass is 35.5. The second kappa shape index (κ2) is 13.0. The third-order valence-corrected chi connectivity index (χ3v) is 9.46. The third kappa shape index (κ3) is 6.70. The van der Waals surface area contributed by atoms with Crippen molar-refractivity contribution in [3.8, 4) is 5.69 Å². The van der Waals surface area contributed by atoms with E-state index in [0.717, 1.165) is 10.5 Å². The molecule has 3 aromatic carbocycles. The largest absolute Gasteiger partial charge is 0.368 e. The highest BCUT2D eigenvalue weighted by molar-refractivity contribution is 7.99. The van der Waals surface area contributed by atoms with Gasteiger partial charge in [-0.05, 0) is 67.9 Å². The van der Waals surface area contributed by atoms with Crippen LogP contribution in [0.25, 0.3) is 5.69 Å². The summed E-state index contributed by atoms with van der Waals surface area (Å²) in [4.78, 5) is 14.2. The van der Waals surface area contributed by atoms with Gasteiger partial charge in [0.15, 0.2) is 5.78 Å². The first-order valence-corrected chi connectivity index (χ1v) is 15.0. The number of rotatable bonds is 11. The molecule has 0 saturated carbocycles. The van der Waals surface area contributed by atoms with Gasteiger partial charge in [-0.25, -0.2) is 0 Å². The number of anilines is 1. The number of para-hydroxylation sites is 1. The molecule has 4 rings (SSSR count). The molecule has 0 spiro atoms. The maximum atomic E-state index is 13.7. The highest BCUT2D eigenvalue weighted by Gasteiger charge is 2.37. The van der Waals surface area contributed by atoms with E-state index < -0.39 is 18.9 Å². The Balaban J connectivity index is 1.56. The van der Waals surface area contributed by atoms with Crippen molar-refractivity contribution in [1.29, 1.82) is 0 Å². The van der Waals surface area contributed by atoms with Gasteiger partial charge in [-0.2, -0.15) is 9.78 Å². The summed E-state index contributed by atoms with van der Waals surface area (Å²) in [6.07, 6.45) is 1.57. The third-order valence-electron chi connectivity index (χ3n) is 5.39. The lowest BCUT2D eigenvalue weighted by molar-refractivity contribution is 0.214. The molecule has 0 fully saturated rings. The molecule has 11 heteroatoms. The fraction of sp³-hybridized carbons (Fsp3) is 0.185. The first-order valence-electron chi connectivity index (χ1n) is 11.9. The molecule has 1 heterocycles. The summed E-state index contributed by atoms with van der Waals surface area (Å²) in [7, 11) is -3.56. The maximum absolute atomic E-state index is 13.7. The number of benzene rings is 3. The van der Waals surface area contributed by atoms with Crippen molar-refractivity contribution in [1.82, 2.24) is 9.78 Å². The van der Waals surface area contributed by atoms with Crippen molar-refractivity contribution >= 4 is 48.2 Å². The van der Waals surface area contributed by atoms with Crippen LogP contribution in [0, 0.1) is 0 Å². The van der Waals surface area contributed by atoms with Crippen LogP contribution in [0.15, 0.2) is 99.6 Å². The molecule has 1 aromatic heterocycles. The zero-order valence-electron chi connectivity index (χ0n) is 20.7. The Hall–Kier alpha value is -2.58. The van der Waals surface area contributed by atoms with Crippen molar-refractivity contribution in [2.75, 3.05) is 18.5 Å². The molecular weight excluding hydrogens is 564 g/mol. The second-order valence-electron chi connectivity index (χ2n) is 7.98. The molecule has 0 bridgehead atoms. The Kier molecular flexibility index (Phi) is 9.71. The lowest BCUT2D eigenvalue weighted by atomic mass is 10.2. The molecule has 0 saturated heterocycles. The molecule has 198 valence electrons. The lowest BCUT2D eigenvalue weighted by Gasteiger charge is -2.28. The minimum absolute atomic E-state index is 0.0909. The number of aromatic nitrogens is 2. The number of hydrogen-bond acceptors (Lipinski definition) is 7. The van der Waals surface area contributed by atoms with E-state index >= 15 is 0 Å². The molecule has 0 aliphatic rings. The van der Waals surface area contributed by atoms with E-state index in [9.17, 15) is 9.36 Å². The van der Waals surface area contributed by atoms with Gasteiger partial charge >= 0.3 is 7.60 Å². The van der Waals surface area contributed by atoms with Gasteiger partial charge in [0.05, 0.1) is 30.0 Å². The van der Waals surface area contributed by atoms with Crippen LogP contribution in [0.3, 0.4) is 0 Å². The quantitative estimate of drug-likeness (QED) is 0.177. The van der Waals surface area contributed by atoms with Crippen molar-refractivity contribution in [2.24, 2.45) is 0 Å². The summed E-state index contributed by atoms with van der Waals surface area (Å²) >= 11 is 13.8. The van der Waals surface area contributed by atoms with Crippen LogP contribution < -0.4 is 10.9 Å². The second-order valence-corrected chi connectivity index (χ2v) is 12.0. The van der Waals surface area contributed by atoms with Crippen molar-refractivity contribution in [2.45, 2.75) is 29.4 Å². The molecule has 38 heavy (non-hydrogen) atoms. The van der Waals surface area contributed by atoms with Gasteiger partial charge < -0.3 is 14.4 Å². The van der Waals surface area contributed by atoms with E-state index in [1.54, 1.807) is 56.4 Å². The van der Waals surface area contributed by atoms with Gasteiger partial charge in [0.2, 0.25) is 0 Å². The number of nitrogens with one attached hydrogen (secondary N) is 1. The predicted octanol–water partition coefficient (Wildman–Crippen LogP) is 8.07. The van der Waals surface area contributed by atoms with Gasteiger partial charge in [-0.1, -0.05) is 65.3 Å². The van der Waals surface area contributed by atoms with Crippen LogP contribution in [0.2, 0.25) is 10.0 Å². The average Bonchev–Trinajstić information content (AvgIpc) is 2.92. The summed E-state index contributed by atoms with van der Waals surface area (Å²) < 4.78 is 26.3. The van der Waals surface area contributed by atoms with Crippen molar-refractivity contribution in [3.05, 3.63) is 111 Å². The average molecular weight is 590 g/mol. The van der Waals surface area contributed by atoms with Crippen molar-refractivity contribution < 1.29 is 13.6 Å². The monoisotopic (exact) mass is 589 g/mol. The number of halogens is 2. The molecule has 0 amide bonds. The van der Waals surface area contributed by atoms with E-state index in [-0.39, 0.29) is 18.2 Å². The summed E-state index contributed by atoms with van der Waals surface area (Å²) in [6, 6.07) is 23.6. The van der Waals surface area contributed by atoms with E-state index in [2.05, 4.69) is 10.4 Å². The maximum Gasteiger partial charge on any atom is 0.357 e. The molecule has 1 N–H and O–H groups in total. The van der Waals surface area contributed by atoms with E-state index in [1.165, 1.54) is 16.4 Å². The Morgan fingerprint density at radius 3 is 2.18 bits per heavy atom. The van der Waals surface area contributed by atoms with E-state index in [4.69, 9.17) is 32.2 Å². The van der Waals surface area contributed by atoms with Gasteiger partial charge in [0.25, 0.3) is 5.56 Å². The summed E-state index contributed by atoms with van der Waals surface area (Å²) in [6.45, 7) is 4.01. The fourth-order valence-electron chi connectivity index (χ4n) is 3.68. The predicted molar refractivity (Wildman–Crippen MR) is 154 cm³/mol. The highest BCUT2D eigenvalue weighted by Crippen LogP contribution is 2.60. The Morgan fingerprint density at radius 1 is 0.947 bits per heavy atom. The molecular formula is C27H26Cl2N3O4PS. The molecule has 1 unspecified atom stereocenters. The van der Waals surface area contributed by atoms with Gasteiger partial charge in [0.1, 0.15) is 5.02 Å². The summed E-state index contributed by atoms with van der Waals surface area (Å²) in [5.74, 6) is -0.748.